The maximum atomic E-state index is 8.40. The van der Waals surface area contributed by atoms with E-state index in [-0.39, 0.29) is 18.7 Å². The van der Waals surface area contributed by atoms with Crippen LogP contribution in [0.1, 0.15) is 34.1 Å². The number of nitrogens with zero attached hydrogens (tertiary/aromatic N) is 2. The molecule has 0 heterocycles. The SMILES string of the molecule is CC(C)N(C(C)C)[P+](Cl)(Cl)OCCC#N. The van der Waals surface area contributed by atoms with Crippen LogP contribution in [0.15, 0.2) is 0 Å². The molecule has 0 aliphatic rings. The van der Waals surface area contributed by atoms with Crippen LogP contribution >= 0.6 is 28.8 Å². The fourth-order valence-electron chi connectivity index (χ4n) is 1.40. The summed E-state index contributed by atoms with van der Waals surface area (Å²) in [5.74, 6) is 0. The molecule has 3 nitrogen and oxygen atoms in total. The minimum absolute atomic E-state index is 0.218. The zero-order valence-corrected chi connectivity index (χ0v) is 12.0. The monoisotopic (exact) mass is 271 g/mol. The Morgan fingerprint density at radius 2 is 1.73 bits per heavy atom. The number of nitriles is 1. The minimum atomic E-state index is -2.57. The van der Waals surface area contributed by atoms with Gasteiger partial charge in [0, 0.05) is 12.1 Å². The quantitative estimate of drug-likeness (QED) is 0.537. The first-order valence-corrected chi connectivity index (χ1v) is 8.38. The molecule has 15 heavy (non-hydrogen) atoms. The summed E-state index contributed by atoms with van der Waals surface area (Å²) in [6, 6.07) is 2.43. The lowest BCUT2D eigenvalue weighted by molar-refractivity contribution is 0.261. The van der Waals surface area contributed by atoms with Crippen LogP contribution in [-0.4, -0.2) is 23.4 Å². The van der Waals surface area contributed by atoms with Gasteiger partial charge in [-0.2, -0.15) is 9.79 Å². The Morgan fingerprint density at radius 3 is 2.07 bits per heavy atom. The number of rotatable bonds is 6. The molecule has 0 N–H and O–H groups in total. The van der Waals surface area contributed by atoms with Crippen molar-refractivity contribution in [1.82, 2.24) is 4.67 Å². The van der Waals surface area contributed by atoms with Gasteiger partial charge < -0.3 is 0 Å². The van der Waals surface area contributed by atoms with Crippen molar-refractivity contribution >= 4 is 28.8 Å². The molecule has 0 spiro atoms. The molecule has 0 bridgehead atoms. The molecular formula is C9H18Cl2N2OP+. The fraction of sp³-hybridized carbons (Fsp3) is 0.889. The van der Waals surface area contributed by atoms with E-state index in [2.05, 4.69) is 0 Å². The first kappa shape index (κ1) is 15.4. The average Bonchev–Trinajstić information content (AvgIpc) is 2.01. The van der Waals surface area contributed by atoms with Crippen molar-refractivity contribution in [1.29, 1.82) is 5.26 Å². The summed E-state index contributed by atoms with van der Waals surface area (Å²) in [5.41, 5.74) is 0. The lowest BCUT2D eigenvalue weighted by atomic mass is 10.3. The smallest absolute Gasteiger partial charge is 0.198 e. The second-order valence-electron chi connectivity index (χ2n) is 3.74. The van der Waals surface area contributed by atoms with Crippen LogP contribution in [-0.2, 0) is 4.52 Å². The molecule has 0 aromatic heterocycles. The van der Waals surface area contributed by atoms with E-state index < -0.39 is 6.35 Å². The predicted octanol–water partition coefficient (Wildman–Crippen LogP) is 4.19. The van der Waals surface area contributed by atoms with Crippen LogP contribution in [0.5, 0.6) is 0 Å². The molecule has 0 saturated heterocycles. The molecule has 88 valence electrons. The number of halogens is 2. The van der Waals surface area contributed by atoms with E-state index in [1.54, 1.807) is 0 Å². The Kier molecular flexibility index (Phi) is 7.08. The number of hydrogen-bond donors (Lipinski definition) is 0. The third-order valence-electron chi connectivity index (χ3n) is 1.79. The molecular weight excluding hydrogens is 254 g/mol. The summed E-state index contributed by atoms with van der Waals surface area (Å²) in [6.07, 6.45) is -2.26. The van der Waals surface area contributed by atoms with Gasteiger partial charge in [-0.25, -0.2) is 0 Å². The molecule has 0 radical (unpaired) electrons. The Labute approximate surface area is 102 Å². The second-order valence-corrected chi connectivity index (χ2v) is 8.60. The van der Waals surface area contributed by atoms with Crippen molar-refractivity contribution < 1.29 is 4.52 Å². The van der Waals surface area contributed by atoms with Crippen molar-refractivity contribution in [2.75, 3.05) is 6.61 Å². The molecule has 0 unspecified atom stereocenters. The van der Waals surface area contributed by atoms with E-state index in [0.717, 1.165) is 0 Å². The highest BCUT2D eigenvalue weighted by Gasteiger charge is 2.48. The summed E-state index contributed by atoms with van der Waals surface area (Å²) in [6.45, 7) is 8.37. The van der Waals surface area contributed by atoms with E-state index in [9.17, 15) is 0 Å². The Hall–Kier alpha value is 0.420. The van der Waals surface area contributed by atoms with Gasteiger partial charge in [0.15, 0.2) is 22.5 Å². The topological polar surface area (TPSA) is 36.3 Å². The van der Waals surface area contributed by atoms with E-state index in [1.807, 2.05) is 38.4 Å². The van der Waals surface area contributed by atoms with Crippen molar-refractivity contribution in [2.45, 2.75) is 46.2 Å². The van der Waals surface area contributed by atoms with Gasteiger partial charge in [-0.05, 0) is 27.7 Å². The summed E-state index contributed by atoms with van der Waals surface area (Å²) >= 11 is 12.4. The van der Waals surface area contributed by atoms with Gasteiger partial charge in [-0.1, -0.05) is 0 Å². The number of hydrogen-bond acceptors (Lipinski definition) is 3. The minimum Gasteiger partial charge on any atom is -0.198 e. The van der Waals surface area contributed by atoms with E-state index in [1.165, 1.54) is 0 Å². The van der Waals surface area contributed by atoms with Gasteiger partial charge in [0.05, 0.1) is 12.5 Å². The summed E-state index contributed by atoms with van der Waals surface area (Å²) in [5, 5.41) is 8.40. The van der Waals surface area contributed by atoms with Crippen molar-refractivity contribution in [3.8, 4) is 6.07 Å². The lowest BCUT2D eigenvalue weighted by Gasteiger charge is -2.29. The summed E-state index contributed by atoms with van der Waals surface area (Å²) in [7, 11) is 0. The van der Waals surface area contributed by atoms with E-state index in [0.29, 0.717) is 6.42 Å². The van der Waals surface area contributed by atoms with Gasteiger partial charge in [0.1, 0.15) is 6.61 Å². The molecule has 0 saturated carbocycles. The molecule has 0 aromatic carbocycles. The van der Waals surface area contributed by atoms with Crippen LogP contribution < -0.4 is 0 Å². The normalized spacial score (nSPS) is 12.5. The summed E-state index contributed by atoms with van der Waals surface area (Å²) < 4.78 is 7.35. The van der Waals surface area contributed by atoms with Crippen LogP contribution in [0.2, 0.25) is 0 Å². The van der Waals surface area contributed by atoms with Crippen molar-refractivity contribution in [2.24, 2.45) is 0 Å². The average molecular weight is 272 g/mol. The van der Waals surface area contributed by atoms with Gasteiger partial charge in [-0.15, -0.1) is 4.67 Å². The van der Waals surface area contributed by atoms with E-state index in [4.69, 9.17) is 32.3 Å². The van der Waals surface area contributed by atoms with Gasteiger partial charge >= 0.3 is 6.35 Å². The van der Waals surface area contributed by atoms with Crippen LogP contribution in [0.25, 0.3) is 0 Å². The Bertz CT molecular complexity index is 221. The van der Waals surface area contributed by atoms with Crippen molar-refractivity contribution in [3.63, 3.8) is 0 Å². The van der Waals surface area contributed by atoms with Gasteiger partial charge in [0.2, 0.25) is 0 Å². The molecule has 0 aliphatic carbocycles. The zero-order chi connectivity index (χ0) is 12.1. The lowest BCUT2D eigenvalue weighted by Crippen LogP contribution is -2.34. The highest BCUT2D eigenvalue weighted by atomic mass is 35.9. The molecule has 0 fully saturated rings. The van der Waals surface area contributed by atoms with Crippen LogP contribution in [0.3, 0.4) is 0 Å². The highest BCUT2D eigenvalue weighted by molar-refractivity contribution is 8.12. The molecule has 6 heteroatoms. The van der Waals surface area contributed by atoms with Crippen LogP contribution in [0.4, 0.5) is 0 Å². The second kappa shape index (κ2) is 6.89. The van der Waals surface area contributed by atoms with Gasteiger partial charge in [-0.3, -0.25) is 0 Å². The molecule has 0 aromatic rings. The molecule has 0 aliphatic heterocycles. The molecule has 0 atom stereocenters. The third-order valence-corrected chi connectivity index (χ3v) is 5.38. The Balaban J connectivity index is 4.44. The largest absolute Gasteiger partial charge is 0.414 e. The fourth-order valence-corrected chi connectivity index (χ4v) is 5.43. The first-order valence-electron chi connectivity index (χ1n) is 4.91. The third kappa shape index (κ3) is 5.33. The first-order chi connectivity index (χ1) is 6.83. The predicted molar refractivity (Wildman–Crippen MR) is 66.9 cm³/mol. The standard InChI is InChI=1S/C9H18Cl2N2OP/c1-8(2)13(9(3)4)15(10,11)14-7-5-6-12/h8-9H,5,7H2,1-4H3/q+1. The summed E-state index contributed by atoms with van der Waals surface area (Å²) in [4.78, 5) is 0. The zero-order valence-electron chi connectivity index (χ0n) is 9.57. The van der Waals surface area contributed by atoms with Crippen molar-refractivity contribution in [3.05, 3.63) is 0 Å². The maximum absolute atomic E-state index is 8.40. The molecule has 0 amide bonds. The van der Waals surface area contributed by atoms with E-state index >= 15 is 0 Å². The highest BCUT2D eigenvalue weighted by Crippen LogP contribution is 2.73. The van der Waals surface area contributed by atoms with Crippen LogP contribution in [0, 0.1) is 11.3 Å². The maximum Gasteiger partial charge on any atom is 0.414 e. The molecule has 0 rings (SSSR count). The Morgan fingerprint density at radius 1 is 1.27 bits per heavy atom. The van der Waals surface area contributed by atoms with Gasteiger partial charge in [0.25, 0.3) is 0 Å².